The third-order valence-electron chi connectivity index (χ3n) is 3.42. The molecule has 1 aromatic carbocycles. The molecule has 1 saturated heterocycles. The van der Waals surface area contributed by atoms with E-state index < -0.39 is 0 Å². The van der Waals surface area contributed by atoms with E-state index in [4.69, 9.17) is 5.73 Å². The molecule has 0 spiro atoms. The van der Waals surface area contributed by atoms with Crippen LogP contribution in [-0.4, -0.2) is 23.9 Å². The molecule has 1 aliphatic rings. The summed E-state index contributed by atoms with van der Waals surface area (Å²) in [7, 11) is 0. The van der Waals surface area contributed by atoms with Crippen LogP contribution in [0.2, 0.25) is 0 Å². The zero-order valence-corrected chi connectivity index (χ0v) is 15.1. The molecule has 106 valence electrons. The molecule has 0 aliphatic carbocycles. The van der Waals surface area contributed by atoms with Crippen molar-refractivity contribution >= 4 is 45.9 Å². The fourth-order valence-electron chi connectivity index (χ4n) is 2.15. The quantitative estimate of drug-likeness (QED) is 0.436. The second-order valence-corrected chi connectivity index (χ2v) is 5.89. The molecule has 1 aromatic rings. The summed E-state index contributed by atoms with van der Waals surface area (Å²) in [6, 6.07) is 8.19. The Bertz CT molecular complexity index is 428. The van der Waals surface area contributed by atoms with Crippen LogP contribution in [-0.2, 0) is 6.54 Å². The Morgan fingerprint density at radius 3 is 2.74 bits per heavy atom. The number of guanidine groups is 1. The standard InChI is InChI=1S/C14H20BrN3.HI/c1-11-5-7-18(8-6-11)14(16)17-10-12-3-2-4-13(15)9-12;/h2-4,9,11H,5-8,10H2,1H3,(H2,16,17);1H. The van der Waals surface area contributed by atoms with Gasteiger partial charge in [-0.1, -0.05) is 35.0 Å². The topological polar surface area (TPSA) is 41.6 Å². The number of aliphatic imine (C=N–C) groups is 1. The highest BCUT2D eigenvalue weighted by Crippen LogP contribution is 2.16. The molecular weight excluding hydrogens is 417 g/mol. The maximum absolute atomic E-state index is 6.04. The smallest absolute Gasteiger partial charge is 0.191 e. The maximum Gasteiger partial charge on any atom is 0.191 e. The number of halogens is 2. The van der Waals surface area contributed by atoms with Gasteiger partial charge in [0.25, 0.3) is 0 Å². The number of likely N-dealkylation sites (tertiary alicyclic amines) is 1. The van der Waals surface area contributed by atoms with Crippen LogP contribution >= 0.6 is 39.9 Å². The molecule has 19 heavy (non-hydrogen) atoms. The largest absolute Gasteiger partial charge is 0.370 e. The summed E-state index contributed by atoms with van der Waals surface area (Å²) in [4.78, 5) is 6.68. The van der Waals surface area contributed by atoms with Crippen molar-refractivity contribution in [1.82, 2.24) is 4.90 Å². The molecule has 0 radical (unpaired) electrons. The predicted octanol–water partition coefficient (Wildman–Crippen LogP) is 3.61. The van der Waals surface area contributed by atoms with E-state index in [-0.39, 0.29) is 24.0 Å². The Hall–Kier alpha value is -0.300. The van der Waals surface area contributed by atoms with Gasteiger partial charge in [0.2, 0.25) is 0 Å². The molecule has 0 aromatic heterocycles. The first kappa shape index (κ1) is 16.8. The van der Waals surface area contributed by atoms with E-state index in [0.717, 1.165) is 23.5 Å². The number of nitrogens with zero attached hydrogens (tertiary/aromatic N) is 2. The average Bonchev–Trinajstić information content (AvgIpc) is 2.37. The van der Waals surface area contributed by atoms with Crippen LogP contribution in [0.25, 0.3) is 0 Å². The third-order valence-corrected chi connectivity index (χ3v) is 3.91. The summed E-state index contributed by atoms with van der Waals surface area (Å²) in [6.07, 6.45) is 2.43. The van der Waals surface area contributed by atoms with Gasteiger partial charge in [-0.05, 0) is 36.5 Å². The van der Waals surface area contributed by atoms with Crippen molar-refractivity contribution in [2.75, 3.05) is 13.1 Å². The Morgan fingerprint density at radius 1 is 1.42 bits per heavy atom. The molecule has 0 saturated carbocycles. The van der Waals surface area contributed by atoms with E-state index in [1.165, 1.54) is 18.4 Å². The summed E-state index contributed by atoms with van der Waals surface area (Å²) in [6.45, 7) is 5.02. The Kier molecular flexibility index (Phi) is 7.13. The van der Waals surface area contributed by atoms with Crippen molar-refractivity contribution in [1.29, 1.82) is 0 Å². The summed E-state index contributed by atoms with van der Waals surface area (Å²) in [5, 5.41) is 0. The molecule has 1 heterocycles. The molecular formula is C14H21BrIN3. The lowest BCUT2D eigenvalue weighted by Gasteiger charge is -2.31. The van der Waals surface area contributed by atoms with E-state index in [9.17, 15) is 0 Å². The number of nitrogens with two attached hydrogens (primary N) is 1. The van der Waals surface area contributed by atoms with Crippen molar-refractivity contribution < 1.29 is 0 Å². The third kappa shape index (κ3) is 5.30. The fraction of sp³-hybridized carbons (Fsp3) is 0.500. The van der Waals surface area contributed by atoms with Crippen LogP contribution in [0.1, 0.15) is 25.3 Å². The van der Waals surface area contributed by atoms with Gasteiger partial charge in [0.05, 0.1) is 6.54 Å². The zero-order chi connectivity index (χ0) is 13.0. The van der Waals surface area contributed by atoms with Crippen LogP contribution in [0.5, 0.6) is 0 Å². The molecule has 0 unspecified atom stereocenters. The van der Waals surface area contributed by atoms with Crippen molar-refractivity contribution in [2.45, 2.75) is 26.3 Å². The molecule has 0 bridgehead atoms. The van der Waals surface area contributed by atoms with Crippen LogP contribution in [0.3, 0.4) is 0 Å². The van der Waals surface area contributed by atoms with Gasteiger partial charge in [-0.2, -0.15) is 0 Å². The van der Waals surface area contributed by atoms with Crippen molar-refractivity contribution in [3.8, 4) is 0 Å². The van der Waals surface area contributed by atoms with Crippen LogP contribution in [0.4, 0.5) is 0 Å². The Labute approximate surface area is 140 Å². The summed E-state index contributed by atoms with van der Waals surface area (Å²) in [5.74, 6) is 1.50. The van der Waals surface area contributed by atoms with Crippen molar-refractivity contribution in [3.05, 3.63) is 34.3 Å². The minimum atomic E-state index is 0. The number of piperidine rings is 1. The average molecular weight is 438 g/mol. The molecule has 2 N–H and O–H groups in total. The first-order valence-electron chi connectivity index (χ1n) is 6.44. The van der Waals surface area contributed by atoms with Crippen LogP contribution < -0.4 is 5.73 Å². The minimum Gasteiger partial charge on any atom is -0.370 e. The van der Waals surface area contributed by atoms with E-state index in [2.05, 4.69) is 44.9 Å². The van der Waals surface area contributed by atoms with E-state index in [0.29, 0.717) is 12.5 Å². The summed E-state index contributed by atoms with van der Waals surface area (Å²) in [5.41, 5.74) is 7.22. The lowest BCUT2D eigenvalue weighted by molar-refractivity contribution is 0.277. The molecule has 1 aliphatic heterocycles. The van der Waals surface area contributed by atoms with E-state index in [1.54, 1.807) is 0 Å². The second kappa shape index (κ2) is 8.09. The van der Waals surface area contributed by atoms with Crippen LogP contribution in [0.15, 0.2) is 33.7 Å². The molecule has 0 atom stereocenters. The maximum atomic E-state index is 6.04. The van der Waals surface area contributed by atoms with Gasteiger partial charge in [0.1, 0.15) is 0 Å². The van der Waals surface area contributed by atoms with Crippen LogP contribution in [0, 0.1) is 5.92 Å². The van der Waals surface area contributed by atoms with Crippen molar-refractivity contribution in [2.24, 2.45) is 16.6 Å². The van der Waals surface area contributed by atoms with Gasteiger partial charge >= 0.3 is 0 Å². The highest BCUT2D eigenvalue weighted by molar-refractivity contribution is 14.0. The molecule has 0 amide bonds. The highest BCUT2D eigenvalue weighted by atomic mass is 127. The monoisotopic (exact) mass is 437 g/mol. The lowest BCUT2D eigenvalue weighted by atomic mass is 10.00. The second-order valence-electron chi connectivity index (χ2n) is 4.97. The Morgan fingerprint density at radius 2 is 2.11 bits per heavy atom. The van der Waals surface area contributed by atoms with E-state index >= 15 is 0 Å². The Balaban J connectivity index is 0.00000180. The molecule has 2 rings (SSSR count). The van der Waals surface area contributed by atoms with E-state index in [1.807, 2.05) is 12.1 Å². The molecule has 1 fully saturated rings. The zero-order valence-electron chi connectivity index (χ0n) is 11.2. The summed E-state index contributed by atoms with van der Waals surface area (Å²) < 4.78 is 1.08. The van der Waals surface area contributed by atoms with Gasteiger partial charge in [0, 0.05) is 17.6 Å². The molecule has 5 heteroatoms. The van der Waals surface area contributed by atoms with Gasteiger partial charge in [-0.15, -0.1) is 24.0 Å². The lowest BCUT2D eigenvalue weighted by Crippen LogP contribution is -2.42. The summed E-state index contributed by atoms with van der Waals surface area (Å²) >= 11 is 3.46. The first-order valence-corrected chi connectivity index (χ1v) is 7.24. The SMILES string of the molecule is CC1CCN(C(N)=NCc2cccc(Br)c2)CC1.I. The van der Waals surface area contributed by atoms with Gasteiger partial charge in [0.15, 0.2) is 5.96 Å². The molecule has 3 nitrogen and oxygen atoms in total. The minimum absolute atomic E-state index is 0. The normalized spacial score (nSPS) is 17.2. The van der Waals surface area contributed by atoms with Gasteiger partial charge in [-0.3, -0.25) is 0 Å². The van der Waals surface area contributed by atoms with Gasteiger partial charge in [-0.25, -0.2) is 4.99 Å². The van der Waals surface area contributed by atoms with Gasteiger partial charge < -0.3 is 10.6 Å². The van der Waals surface area contributed by atoms with Crippen molar-refractivity contribution in [3.63, 3.8) is 0 Å². The number of hydrogen-bond donors (Lipinski definition) is 1. The highest BCUT2D eigenvalue weighted by Gasteiger charge is 2.16. The fourth-order valence-corrected chi connectivity index (χ4v) is 2.59. The number of hydrogen-bond acceptors (Lipinski definition) is 1. The predicted molar refractivity (Wildman–Crippen MR) is 94.9 cm³/mol. The number of benzene rings is 1. The number of rotatable bonds is 2. The first-order chi connectivity index (χ1) is 8.65.